The Bertz CT molecular complexity index is 106. The Kier molecular flexibility index (Phi) is 2.24. The van der Waals surface area contributed by atoms with Crippen molar-refractivity contribution in [2.75, 3.05) is 13.1 Å². The van der Waals surface area contributed by atoms with Gasteiger partial charge in [-0.05, 0) is 13.8 Å². The Morgan fingerprint density at radius 2 is 1.60 bits per heavy atom. The summed E-state index contributed by atoms with van der Waals surface area (Å²) in [6.07, 6.45) is -2.52. The van der Waals surface area contributed by atoms with E-state index in [1.165, 1.54) is 0 Å². The van der Waals surface area contributed by atoms with E-state index in [0.717, 1.165) is 0 Å². The largest absolute Gasteiger partial charge is 0.295 e. The molecule has 0 N–H and O–H groups in total. The molecular weight excluding hydrogens is 136 g/mol. The molecule has 1 nitrogen and oxygen atoms in total. The Labute approximate surface area is 60.0 Å². The maximum atomic E-state index is 12.5. The zero-order valence-electron chi connectivity index (χ0n) is 6.35. The molecule has 0 aromatic carbocycles. The first kappa shape index (κ1) is 7.92. The summed E-state index contributed by atoms with van der Waals surface area (Å²) in [5.41, 5.74) is 0. The first-order valence-corrected chi connectivity index (χ1v) is 3.63. The maximum Gasteiger partial charge on any atom is 0.145 e. The second kappa shape index (κ2) is 2.82. The van der Waals surface area contributed by atoms with E-state index < -0.39 is 12.3 Å². The van der Waals surface area contributed by atoms with E-state index in [1.807, 2.05) is 18.7 Å². The molecule has 0 aromatic heterocycles. The molecule has 0 saturated carbocycles. The van der Waals surface area contributed by atoms with Gasteiger partial charge in [0.25, 0.3) is 0 Å². The maximum absolute atomic E-state index is 12.5. The van der Waals surface area contributed by atoms with Crippen LogP contribution in [-0.2, 0) is 0 Å². The van der Waals surface area contributed by atoms with Crippen molar-refractivity contribution in [2.45, 2.75) is 32.2 Å². The van der Waals surface area contributed by atoms with Gasteiger partial charge < -0.3 is 0 Å². The third-order valence-electron chi connectivity index (χ3n) is 1.94. The van der Waals surface area contributed by atoms with Gasteiger partial charge in [-0.15, -0.1) is 0 Å². The van der Waals surface area contributed by atoms with Crippen molar-refractivity contribution in [3.8, 4) is 0 Å². The summed E-state index contributed by atoms with van der Waals surface area (Å²) in [5.74, 6) is 0. The minimum atomic E-state index is -1.26. The highest BCUT2D eigenvalue weighted by molar-refractivity contribution is 4.85. The molecule has 60 valence electrons. The van der Waals surface area contributed by atoms with Crippen molar-refractivity contribution >= 4 is 0 Å². The van der Waals surface area contributed by atoms with Crippen molar-refractivity contribution in [2.24, 2.45) is 0 Å². The molecule has 1 heterocycles. The summed E-state index contributed by atoms with van der Waals surface area (Å²) in [7, 11) is 0. The van der Waals surface area contributed by atoms with Gasteiger partial charge in [-0.2, -0.15) is 0 Å². The van der Waals surface area contributed by atoms with Crippen LogP contribution in [0.25, 0.3) is 0 Å². The molecule has 1 aliphatic rings. The fourth-order valence-electron chi connectivity index (χ4n) is 1.17. The molecule has 1 aliphatic heterocycles. The van der Waals surface area contributed by atoms with Gasteiger partial charge in [0.05, 0.1) is 0 Å². The third-order valence-corrected chi connectivity index (χ3v) is 1.94. The Morgan fingerprint density at radius 3 is 1.80 bits per heavy atom. The lowest BCUT2D eigenvalue weighted by molar-refractivity contribution is 0.217. The molecule has 0 radical (unpaired) electrons. The van der Waals surface area contributed by atoms with Crippen LogP contribution in [0.1, 0.15) is 13.8 Å². The topological polar surface area (TPSA) is 3.24 Å². The summed E-state index contributed by atoms with van der Waals surface area (Å²) in [4.78, 5) is 1.81. The molecule has 0 aromatic rings. The molecule has 1 rings (SSSR count). The number of hydrogen-bond donors (Lipinski definition) is 0. The van der Waals surface area contributed by atoms with E-state index in [0.29, 0.717) is 0 Å². The minimum Gasteiger partial charge on any atom is -0.295 e. The molecule has 0 bridgehead atoms. The van der Waals surface area contributed by atoms with Crippen LogP contribution < -0.4 is 0 Å². The normalized spacial score (nSPS) is 35.7. The summed E-state index contributed by atoms with van der Waals surface area (Å²) in [6, 6.07) is 0.263. The molecule has 1 fully saturated rings. The number of halogens is 2. The van der Waals surface area contributed by atoms with Gasteiger partial charge in [-0.25, -0.2) is 8.78 Å². The van der Waals surface area contributed by atoms with E-state index in [4.69, 9.17) is 0 Å². The van der Waals surface area contributed by atoms with Crippen LogP contribution in [0.4, 0.5) is 8.78 Å². The van der Waals surface area contributed by atoms with Gasteiger partial charge in [0.1, 0.15) is 12.3 Å². The molecule has 0 aliphatic carbocycles. The van der Waals surface area contributed by atoms with Crippen LogP contribution in [0.2, 0.25) is 0 Å². The molecule has 10 heavy (non-hydrogen) atoms. The van der Waals surface area contributed by atoms with E-state index in [-0.39, 0.29) is 19.1 Å². The van der Waals surface area contributed by atoms with Crippen LogP contribution in [0, 0.1) is 0 Å². The summed E-state index contributed by atoms with van der Waals surface area (Å²) in [5, 5.41) is 0. The second-order valence-electron chi connectivity index (χ2n) is 3.08. The predicted octanol–water partition coefficient (Wildman–Crippen LogP) is 1.39. The summed E-state index contributed by atoms with van der Waals surface area (Å²) >= 11 is 0. The van der Waals surface area contributed by atoms with Gasteiger partial charge in [0.2, 0.25) is 0 Å². The van der Waals surface area contributed by atoms with Crippen LogP contribution in [-0.4, -0.2) is 36.4 Å². The first-order chi connectivity index (χ1) is 4.61. The fraction of sp³-hybridized carbons (Fsp3) is 1.00. The van der Waals surface area contributed by atoms with Crippen LogP contribution in [0.5, 0.6) is 0 Å². The third kappa shape index (κ3) is 1.45. The lowest BCUT2D eigenvalue weighted by Gasteiger charge is -2.18. The molecule has 0 amide bonds. The highest BCUT2D eigenvalue weighted by atomic mass is 19.2. The SMILES string of the molecule is CC(C)N1CC(F)C(F)C1. The van der Waals surface area contributed by atoms with Crippen molar-refractivity contribution in [1.82, 2.24) is 4.90 Å². The number of hydrogen-bond acceptors (Lipinski definition) is 1. The van der Waals surface area contributed by atoms with Gasteiger partial charge in [-0.1, -0.05) is 0 Å². The highest BCUT2D eigenvalue weighted by Crippen LogP contribution is 2.18. The number of likely N-dealkylation sites (tertiary alicyclic amines) is 1. The second-order valence-corrected chi connectivity index (χ2v) is 3.08. The fourth-order valence-corrected chi connectivity index (χ4v) is 1.17. The Hall–Kier alpha value is -0.180. The molecule has 3 heteroatoms. The Balaban J connectivity index is 2.41. The van der Waals surface area contributed by atoms with Gasteiger partial charge in [-0.3, -0.25) is 4.90 Å². The molecule has 0 spiro atoms. The van der Waals surface area contributed by atoms with E-state index >= 15 is 0 Å². The van der Waals surface area contributed by atoms with Crippen molar-refractivity contribution < 1.29 is 8.78 Å². The monoisotopic (exact) mass is 149 g/mol. The average molecular weight is 149 g/mol. The molecular formula is C7H13F2N. The van der Waals surface area contributed by atoms with Gasteiger partial charge in [0.15, 0.2) is 0 Å². The molecule has 2 atom stereocenters. The smallest absolute Gasteiger partial charge is 0.145 e. The van der Waals surface area contributed by atoms with Crippen molar-refractivity contribution in [3.05, 3.63) is 0 Å². The predicted molar refractivity (Wildman–Crippen MR) is 36.5 cm³/mol. The number of rotatable bonds is 1. The number of alkyl halides is 2. The molecule has 2 unspecified atom stereocenters. The first-order valence-electron chi connectivity index (χ1n) is 3.63. The summed E-state index contributed by atoms with van der Waals surface area (Å²) in [6.45, 7) is 4.42. The van der Waals surface area contributed by atoms with Crippen LogP contribution >= 0.6 is 0 Å². The van der Waals surface area contributed by atoms with Crippen molar-refractivity contribution in [3.63, 3.8) is 0 Å². The number of nitrogens with zero attached hydrogens (tertiary/aromatic N) is 1. The van der Waals surface area contributed by atoms with E-state index in [9.17, 15) is 8.78 Å². The van der Waals surface area contributed by atoms with Gasteiger partial charge >= 0.3 is 0 Å². The lowest BCUT2D eigenvalue weighted by Crippen LogP contribution is -2.28. The molecule has 1 saturated heterocycles. The Morgan fingerprint density at radius 1 is 1.20 bits per heavy atom. The van der Waals surface area contributed by atoms with E-state index in [1.54, 1.807) is 0 Å². The lowest BCUT2D eigenvalue weighted by atomic mass is 10.3. The standard InChI is InChI=1S/C7H13F2N/c1-5(2)10-3-6(8)7(9)4-10/h5-7H,3-4H2,1-2H3. The minimum absolute atomic E-state index is 0.263. The van der Waals surface area contributed by atoms with Crippen LogP contribution in [0.3, 0.4) is 0 Å². The van der Waals surface area contributed by atoms with E-state index in [2.05, 4.69) is 0 Å². The quantitative estimate of drug-likeness (QED) is 0.544. The average Bonchev–Trinajstić information content (AvgIpc) is 2.13. The van der Waals surface area contributed by atoms with Gasteiger partial charge in [0, 0.05) is 19.1 Å². The highest BCUT2D eigenvalue weighted by Gasteiger charge is 2.33. The van der Waals surface area contributed by atoms with Crippen molar-refractivity contribution in [1.29, 1.82) is 0 Å². The summed E-state index contributed by atoms with van der Waals surface area (Å²) < 4.78 is 25.0. The zero-order valence-corrected chi connectivity index (χ0v) is 6.35. The van der Waals surface area contributed by atoms with Crippen LogP contribution in [0.15, 0.2) is 0 Å². The zero-order chi connectivity index (χ0) is 7.72.